The van der Waals surface area contributed by atoms with Crippen LogP contribution in [0.1, 0.15) is 17.3 Å². The highest BCUT2D eigenvalue weighted by molar-refractivity contribution is 6.14. The van der Waals surface area contributed by atoms with Gasteiger partial charge in [0.15, 0.2) is 6.61 Å². The van der Waals surface area contributed by atoms with Gasteiger partial charge in [0.1, 0.15) is 0 Å². The van der Waals surface area contributed by atoms with E-state index in [0.717, 1.165) is 22.2 Å². The molecule has 2 aromatic carbocycles. The summed E-state index contributed by atoms with van der Waals surface area (Å²) in [6.07, 6.45) is 6.39. The van der Waals surface area contributed by atoms with Crippen LogP contribution in [0.25, 0.3) is 22.2 Å². The summed E-state index contributed by atoms with van der Waals surface area (Å²) in [4.78, 5) is 27.8. The van der Waals surface area contributed by atoms with Crippen LogP contribution in [0.3, 0.4) is 0 Å². The maximum atomic E-state index is 12.8. The predicted octanol–water partition coefficient (Wildman–Crippen LogP) is 4.69. The number of ether oxygens (including phenoxy) is 1. The van der Waals surface area contributed by atoms with E-state index in [9.17, 15) is 9.59 Å². The van der Waals surface area contributed by atoms with Gasteiger partial charge in [-0.2, -0.15) is 0 Å². The van der Waals surface area contributed by atoms with Crippen molar-refractivity contribution in [3.8, 4) is 11.3 Å². The first-order valence-electron chi connectivity index (χ1n) is 8.36. The van der Waals surface area contributed by atoms with Crippen molar-refractivity contribution in [1.82, 2.24) is 4.98 Å². The summed E-state index contributed by atoms with van der Waals surface area (Å²) in [5, 5.41) is 0.817. The number of aromatic amines is 1. The van der Waals surface area contributed by atoms with Gasteiger partial charge in [-0.3, -0.25) is 4.79 Å². The predicted molar refractivity (Wildman–Crippen MR) is 103 cm³/mol. The summed E-state index contributed by atoms with van der Waals surface area (Å²) in [5.74, 6) is -0.786. The third-order valence-corrected chi connectivity index (χ3v) is 3.93. The number of para-hydroxylation sites is 1. The fourth-order valence-corrected chi connectivity index (χ4v) is 2.76. The Bertz CT molecular complexity index is 981. The van der Waals surface area contributed by atoms with Crippen LogP contribution < -0.4 is 0 Å². The van der Waals surface area contributed by atoms with Crippen molar-refractivity contribution in [3.05, 3.63) is 84.5 Å². The van der Waals surface area contributed by atoms with Gasteiger partial charge < -0.3 is 9.72 Å². The Balaban J connectivity index is 1.91. The van der Waals surface area contributed by atoms with E-state index in [4.69, 9.17) is 4.74 Å². The summed E-state index contributed by atoms with van der Waals surface area (Å²) in [5.41, 5.74) is 3.05. The van der Waals surface area contributed by atoms with Crippen LogP contribution in [0.5, 0.6) is 0 Å². The number of allylic oxidation sites excluding steroid dienone is 3. The Labute approximate surface area is 151 Å². The van der Waals surface area contributed by atoms with Gasteiger partial charge in [0.2, 0.25) is 5.78 Å². The van der Waals surface area contributed by atoms with Crippen molar-refractivity contribution in [2.24, 2.45) is 0 Å². The van der Waals surface area contributed by atoms with Crippen LogP contribution in [-0.4, -0.2) is 23.3 Å². The maximum absolute atomic E-state index is 12.8. The van der Waals surface area contributed by atoms with Gasteiger partial charge in [-0.05, 0) is 18.6 Å². The fourth-order valence-electron chi connectivity index (χ4n) is 2.76. The molecular weight excluding hydrogens is 326 g/mol. The standard InChI is InChI=1S/C22H19NO3/c1-2-3-5-14-20(25)26-15-19(24)21-17-12-8-9-13-18(17)23-22(21)16-10-6-4-7-11-16/h2-14,23H,15H2,1H3/b3-2+,14-5+. The van der Waals surface area contributed by atoms with Crippen molar-refractivity contribution in [2.45, 2.75) is 6.92 Å². The Hall–Kier alpha value is -3.40. The van der Waals surface area contributed by atoms with Crippen LogP contribution in [0.2, 0.25) is 0 Å². The number of carbonyl (C=O) groups is 2. The number of esters is 1. The zero-order valence-electron chi connectivity index (χ0n) is 14.4. The van der Waals surface area contributed by atoms with Crippen molar-refractivity contribution in [2.75, 3.05) is 6.61 Å². The molecule has 0 saturated carbocycles. The summed E-state index contributed by atoms with van der Waals surface area (Å²) in [6.45, 7) is 1.54. The van der Waals surface area contributed by atoms with E-state index in [1.165, 1.54) is 6.08 Å². The molecule has 3 rings (SSSR count). The number of rotatable bonds is 6. The monoisotopic (exact) mass is 345 g/mol. The zero-order valence-corrected chi connectivity index (χ0v) is 14.4. The lowest BCUT2D eigenvalue weighted by molar-refractivity contribution is -0.136. The highest BCUT2D eigenvalue weighted by atomic mass is 16.5. The number of ketones is 1. The molecule has 0 spiro atoms. The van der Waals surface area contributed by atoms with E-state index < -0.39 is 5.97 Å². The molecule has 0 aliphatic heterocycles. The molecule has 130 valence electrons. The quantitative estimate of drug-likeness (QED) is 0.305. The van der Waals surface area contributed by atoms with Gasteiger partial charge in [-0.1, -0.05) is 66.8 Å². The molecule has 0 atom stereocenters. The minimum Gasteiger partial charge on any atom is -0.454 e. The number of H-pyrrole nitrogens is 1. The molecule has 0 aliphatic carbocycles. The first-order valence-corrected chi connectivity index (χ1v) is 8.36. The molecule has 4 nitrogen and oxygen atoms in total. The second-order valence-corrected chi connectivity index (χ2v) is 5.70. The molecule has 1 heterocycles. The van der Waals surface area contributed by atoms with Gasteiger partial charge in [-0.25, -0.2) is 4.79 Å². The SMILES string of the molecule is C/C=C/C=C/C(=O)OCC(=O)c1c(-c2ccccc2)[nH]c2ccccc12. The first-order chi connectivity index (χ1) is 12.7. The van der Waals surface area contributed by atoms with Crippen LogP contribution in [0.4, 0.5) is 0 Å². The molecule has 4 heteroatoms. The van der Waals surface area contributed by atoms with E-state index in [2.05, 4.69) is 4.98 Å². The molecule has 0 unspecified atom stereocenters. The lowest BCUT2D eigenvalue weighted by Gasteiger charge is -2.05. The second-order valence-electron chi connectivity index (χ2n) is 5.70. The lowest BCUT2D eigenvalue weighted by atomic mass is 10.0. The summed E-state index contributed by atoms with van der Waals surface area (Å²) in [6, 6.07) is 17.2. The van der Waals surface area contributed by atoms with E-state index >= 15 is 0 Å². The molecule has 0 aliphatic rings. The average Bonchev–Trinajstić information content (AvgIpc) is 3.07. The normalized spacial score (nSPS) is 11.4. The van der Waals surface area contributed by atoms with Crippen LogP contribution >= 0.6 is 0 Å². The van der Waals surface area contributed by atoms with Crippen molar-refractivity contribution >= 4 is 22.7 Å². The van der Waals surface area contributed by atoms with Crippen LogP contribution in [0, 0.1) is 0 Å². The van der Waals surface area contributed by atoms with Crippen molar-refractivity contribution in [3.63, 3.8) is 0 Å². The van der Waals surface area contributed by atoms with E-state index in [0.29, 0.717) is 5.56 Å². The van der Waals surface area contributed by atoms with Gasteiger partial charge in [0.05, 0.1) is 11.3 Å². The fraction of sp³-hybridized carbons (Fsp3) is 0.0909. The number of Topliss-reactive ketones (excluding diaryl/α,β-unsaturated/α-hetero) is 1. The first kappa shape index (κ1) is 17.4. The van der Waals surface area contributed by atoms with E-state index in [1.807, 2.05) is 61.5 Å². The molecule has 0 saturated heterocycles. The van der Waals surface area contributed by atoms with Gasteiger partial charge in [0.25, 0.3) is 0 Å². The average molecular weight is 345 g/mol. The Morgan fingerprint density at radius 1 is 1.00 bits per heavy atom. The van der Waals surface area contributed by atoms with Crippen LogP contribution in [-0.2, 0) is 9.53 Å². The van der Waals surface area contributed by atoms with Gasteiger partial charge in [0, 0.05) is 17.0 Å². The third kappa shape index (κ3) is 3.81. The topological polar surface area (TPSA) is 59.2 Å². The Kier molecular flexibility index (Phi) is 5.44. The number of aromatic nitrogens is 1. The molecule has 0 fully saturated rings. The van der Waals surface area contributed by atoms with Crippen LogP contribution in [0.15, 0.2) is 78.9 Å². The van der Waals surface area contributed by atoms with Gasteiger partial charge >= 0.3 is 5.97 Å². The minimum atomic E-state index is -0.544. The molecule has 1 aromatic heterocycles. The molecule has 3 aromatic rings. The highest BCUT2D eigenvalue weighted by Crippen LogP contribution is 2.30. The number of hydrogen-bond donors (Lipinski definition) is 1. The molecule has 1 N–H and O–H groups in total. The molecule has 0 amide bonds. The third-order valence-electron chi connectivity index (χ3n) is 3.93. The van der Waals surface area contributed by atoms with Crippen molar-refractivity contribution < 1.29 is 14.3 Å². The van der Waals surface area contributed by atoms with E-state index in [1.54, 1.807) is 18.2 Å². The number of carbonyl (C=O) groups excluding carboxylic acids is 2. The lowest BCUT2D eigenvalue weighted by Crippen LogP contribution is -2.13. The molecule has 0 radical (unpaired) electrons. The smallest absolute Gasteiger partial charge is 0.331 e. The zero-order chi connectivity index (χ0) is 18.4. The summed E-state index contributed by atoms with van der Waals surface area (Å²) < 4.78 is 5.09. The number of benzene rings is 2. The minimum absolute atomic E-state index is 0.242. The summed E-state index contributed by atoms with van der Waals surface area (Å²) >= 11 is 0. The highest BCUT2D eigenvalue weighted by Gasteiger charge is 2.20. The molecule has 26 heavy (non-hydrogen) atoms. The Morgan fingerprint density at radius 3 is 2.50 bits per heavy atom. The molecule has 0 bridgehead atoms. The van der Waals surface area contributed by atoms with Gasteiger partial charge in [-0.15, -0.1) is 0 Å². The maximum Gasteiger partial charge on any atom is 0.331 e. The summed E-state index contributed by atoms with van der Waals surface area (Å²) in [7, 11) is 0. The Morgan fingerprint density at radius 2 is 1.73 bits per heavy atom. The second kappa shape index (κ2) is 8.12. The van der Waals surface area contributed by atoms with E-state index in [-0.39, 0.29) is 12.4 Å². The number of nitrogens with one attached hydrogen (secondary N) is 1. The molecular formula is C22H19NO3. The number of fused-ring (bicyclic) bond motifs is 1. The number of hydrogen-bond acceptors (Lipinski definition) is 3. The van der Waals surface area contributed by atoms with Crippen molar-refractivity contribution in [1.29, 1.82) is 0 Å². The largest absolute Gasteiger partial charge is 0.454 e.